The Labute approximate surface area is 122 Å². The molecule has 110 valence electrons. The molecule has 0 aromatic carbocycles. The molecule has 0 saturated carbocycles. The predicted octanol–water partition coefficient (Wildman–Crippen LogP) is 1.59. The van der Waals surface area contributed by atoms with Crippen molar-refractivity contribution in [2.75, 3.05) is 0 Å². The second kappa shape index (κ2) is 5.65. The lowest BCUT2D eigenvalue weighted by atomic mass is 10.2. The minimum Gasteiger partial charge on any atom is -0.363 e. The van der Waals surface area contributed by atoms with Gasteiger partial charge in [0.1, 0.15) is 0 Å². The highest BCUT2D eigenvalue weighted by Crippen LogP contribution is 2.26. The van der Waals surface area contributed by atoms with Gasteiger partial charge in [0, 0.05) is 23.3 Å². The molecule has 8 heteroatoms. The number of hydrogen-bond acceptors (Lipinski definition) is 5. The number of sulfonamides is 1. The minimum atomic E-state index is -3.56. The van der Waals surface area contributed by atoms with Gasteiger partial charge in [0.15, 0.2) is 0 Å². The maximum absolute atomic E-state index is 12.3. The molecule has 0 bridgehead atoms. The molecule has 0 radical (unpaired) electrons. The summed E-state index contributed by atoms with van der Waals surface area (Å²) in [6.07, 6.45) is 1.45. The zero-order valence-corrected chi connectivity index (χ0v) is 13.2. The van der Waals surface area contributed by atoms with Crippen LogP contribution in [0.4, 0.5) is 0 Å². The lowest BCUT2D eigenvalue weighted by Crippen LogP contribution is -2.26. The predicted molar refractivity (Wildman–Crippen MR) is 79.0 cm³/mol. The average Bonchev–Trinajstić information content (AvgIpc) is 2.95. The van der Waals surface area contributed by atoms with Crippen LogP contribution in [0.1, 0.15) is 34.2 Å². The third kappa shape index (κ3) is 3.09. The number of aromatic nitrogens is 2. The third-order valence-electron chi connectivity index (χ3n) is 2.91. The summed E-state index contributed by atoms with van der Waals surface area (Å²) in [5, 5.41) is 0.926. The van der Waals surface area contributed by atoms with E-state index in [9.17, 15) is 8.42 Å². The van der Waals surface area contributed by atoms with E-state index in [1.807, 2.05) is 20.8 Å². The van der Waals surface area contributed by atoms with E-state index in [1.165, 1.54) is 17.5 Å². The lowest BCUT2D eigenvalue weighted by Gasteiger charge is -2.12. The molecule has 2 heterocycles. The van der Waals surface area contributed by atoms with Crippen molar-refractivity contribution in [3.05, 3.63) is 33.5 Å². The monoisotopic (exact) mass is 314 g/mol. The Hall–Kier alpha value is -1.22. The van der Waals surface area contributed by atoms with Gasteiger partial charge in [-0.2, -0.15) is 0 Å². The van der Waals surface area contributed by atoms with Crippen LogP contribution in [0.5, 0.6) is 0 Å². The summed E-state index contributed by atoms with van der Waals surface area (Å²) in [4.78, 5) is 8.28. The van der Waals surface area contributed by atoms with Crippen molar-refractivity contribution in [3.63, 3.8) is 0 Å². The molecule has 0 saturated heterocycles. The fourth-order valence-corrected chi connectivity index (χ4v) is 4.23. The first-order chi connectivity index (χ1) is 9.33. The van der Waals surface area contributed by atoms with Gasteiger partial charge in [-0.3, -0.25) is 0 Å². The van der Waals surface area contributed by atoms with Crippen molar-refractivity contribution in [2.45, 2.75) is 38.3 Å². The summed E-state index contributed by atoms with van der Waals surface area (Å²) in [6, 6.07) is 1.22. The average molecular weight is 314 g/mol. The number of rotatable bonds is 5. The number of H-pyrrole nitrogens is 1. The number of nitrogens with one attached hydrogen (secondary N) is 2. The van der Waals surface area contributed by atoms with E-state index in [2.05, 4.69) is 14.7 Å². The topological polar surface area (TPSA) is 101 Å². The van der Waals surface area contributed by atoms with E-state index in [0.29, 0.717) is 5.69 Å². The van der Waals surface area contributed by atoms with Gasteiger partial charge in [-0.25, -0.2) is 18.1 Å². The molecule has 20 heavy (non-hydrogen) atoms. The van der Waals surface area contributed by atoms with Gasteiger partial charge in [-0.05, 0) is 26.8 Å². The quantitative estimate of drug-likeness (QED) is 0.780. The van der Waals surface area contributed by atoms with Crippen LogP contribution in [0.15, 0.2) is 17.2 Å². The lowest BCUT2D eigenvalue weighted by molar-refractivity contribution is 0.568. The number of hydrogen-bond donors (Lipinski definition) is 3. The van der Waals surface area contributed by atoms with Crippen LogP contribution in [-0.4, -0.2) is 18.4 Å². The Bertz CT molecular complexity index is 703. The van der Waals surface area contributed by atoms with Crippen LogP contribution in [0, 0.1) is 13.8 Å². The Morgan fingerprint density at radius 1 is 1.50 bits per heavy atom. The summed E-state index contributed by atoms with van der Waals surface area (Å²) in [7, 11) is -3.56. The Morgan fingerprint density at radius 2 is 2.20 bits per heavy atom. The van der Waals surface area contributed by atoms with Crippen LogP contribution in [0.3, 0.4) is 0 Å². The van der Waals surface area contributed by atoms with Gasteiger partial charge in [0.05, 0.1) is 21.6 Å². The molecule has 1 unspecified atom stereocenters. The van der Waals surface area contributed by atoms with Crippen molar-refractivity contribution >= 4 is 21.4 Å². The fraction of sp³-hybridized carbons (Fsp3) is 0.417. The number of nitrogens with two attached hydrogens (primary N) is 1. The maximum Gasteiger partial charge on any atom is 0.242 e. The highest BCUT2D eigenvalue weighted by Gasteiger charge is 2.22. The van der Waals surface area contributed by atoms with E-state index in [1.54, 1.807) is 6.07 Å². The highest BCUT2D eigenvalue weighted by atomic mass is 32.2. The standard InChI is InChI=1S/C12H18N4O2S2/c1-7-12(19-9(3)15-7)8(2)16-20(17,18)11-4-10(5-13)14-6-11/h4,6,8,14,16H,5,13H2,1-3H3. The largest absolute Gasteiger partial charge is 0.363 e. The molecule has 0 aliphatic rings. The highest BCUT2D eigenvalue weighted by molar-refractivity contribution is 7.89. The molecule has 0 aliphatic carbocycles. The molecule has 4 N–H and O–H groups in total. The maximum atomic E-state index is 12.3. The summed E-state index contributed by atoms with van der Waals surface area (Å²) in [6.45, 7) is 5.88. The molecule has 2 aromatic rings. The second-order valence-electron chi connectivity index (χ2n) is 4.59. The van der Waals surface area contributed by atoms with E-state index in [-0.39, 0.29) is 17.5 Å². The van der Waals surface area contributed by atoms with Crippen LogP contribution in [0.25, 0.3) is 0 Å². The summed E-state index contributed by atoms with van der Waals surface area (Å²) in [5.74, 6) is 0. The molecule has 6 nitrogen and oxygen atoms in total. The smallest absolute Gasteiger partial charge is 0.242 e. The van der Waals surface area contributed by atoms with Crippen LogP contribution < -0.4 is 10.5 Å². The summed E-state index contributed by atoms with van der Waals surface area (Å²) in [5.41, 5.74) is 7.01. The Kier molecular flexibility index (Phi) is 4.28. The number of aromatic amines is 1. The zero-order valence-electron chi connectivity index (χ0n) is 11.6. The Balaban J connectivity index is 2.21. The van der Waals surface area contributed by atoms with Crippen LogP contribution in [-0.2, 0) is 16.6 Å². The van der Waals surface area contributed by atoms with Crippen LogP contribution >= 0.6 is 11.3 Å². The first-order valence-corrected chi connectivity index (χ1v) is 8.47. The molecule has 0 fully saturated rings. The minimum absolute atomic E-state index is 0.198. The number of aryl methyl sites for hydroxylation is 2. The fourth-order valence-electron chi connectivity index (χ4n) is 1.99. The molecular formula is C12H18N4O2S2. The SMILES string of the molecule is Cc1nc(C)c(C(C)NS(=O)(=O)c2c[nH]c(CN)c2)s1. The zero-order chi connectivity index (χ0) is 14.9. The van der Waals surface area contributed by atoms with Gasteiger partial charge in [0.2, 0.25) is 10.0 Å². The molecule has 0 aliphatic heterocycles. The molecule has 2 aromatic heterocycles. The van der Waals surface area contributed by atoms with Gasteiger partial charge in [-0.1, -0.05) is 0 Å². The van der Waals surface area contributed by atoms with E-state index >= 15 is 0 Å². The van der Waals surface area contributed by atoms with Crippen molar-refractivity contribution in [3.8, 4) is 0 Å². The summed E-state index contributed by atoms with van der Waals surface area (Å²) < 4.78 is 27.2. The number of nitrogens with zero attached hydrogens (tertiary/aromatic N) is 1. The molecular weight excluding hydrogens is 296 g/mol. The van der Waals surface area contributed by atoms with Gasteiger partial charge >= 0.3 is 0 Å². The van der Waals surface area contributed by atoms with Gasteiger partial charge in [-0.15, -0.1) is 11.3 Å². The Morgan fingerprint density at radius 3 is 2.70 bits per heavy atom. The second-order valence-corrected chi connectivity index (χ2v) is 7.54. The van der Waals surface area contributed by atoms with E-state index < -0.39 is 10.0 Å². The van der Waals surface area contributed by atoms with Crippen LogP contribution in [0.2, 0.25) is 0 Å². The molecule has 0 spiro atoms. The molecule has 2 rings (SSSR count). The summed E-state index contributed by atoms with van der Waals surface area (Å²) >= 11 is 1.50. The third-order valence-corrected chi connectivity index (χ3v) is 5.69. The van der Waals surface area contributed by atoms with E-state index in [0.717, 1.165) is 15.6 Å². The van der Waals surface area contributed by atoms with E-state index in [4.69, 9.17) is 5.73 Å². The first-order valence-electron chi connectivity index (χ1n) is 6.17. The normalized spacial score (nSPS) is 13.6. The van der Waals surface area contributed by atoms with Crippen molar-refractivity contribution < 1.29 is 8.42 Å². The van der Waals surface area contributed by atoms with Crippen molar-refractivity contribution in [1.29, 1.82) is 0 Å². The van der Waals surface area contributed by atoms with Gasteiger partial charge in [0.25, 0.3) is 0 Å². The molecule has 0 amide bonds. The molecule has 1 atom stereocenters. The van der Waals surface area contributed by atoms with Crippen molar-refractivity contribution in [1.82, 2.24) is 14.7 Å². The first kappa shape index (κ1) is 15.2. The van der Waals surface area contributed by atoms with Gasteiger partial charge < -0.3 is 10.7 Å². The number of thiazole rings is 1. The van der Waals surface area contributed by atoms with Crippen molar-refractivity contribution in [2.24, 2.45) is 5.73 Å².